The Morgan fingerprint density at radius 2 is 1.88 bits per heavy atom. The third kappa shape index (κ3) is 5.09. The summed E-state index contributed by atoms with van der Waals surface area (Å²) in [4.78, 5) is 28.4. The number of amides is 2. The molecule has 1 aliphatic rings. The number of nitrogens with zero attached hydrogens (tertiary/aromatic N) is 1. The number of halogens is 1. The molecule has 0 radical (unpaired) electrons. The van der Waals surface area contributed by atoms with Crippen molar-refractivity contribution in [2.45, 2.75) is 44.6 Å². The quantitative estimate of drug-likeness (QED) is 0.856. The third-order valence-electron chi connectivity index (χ3n) is 4.19. The summed E-state index contributed by atoms with van der Waals surface area (Å²) in [5.41, 5.74) is 0.987. The lowest BCUT2D eigenvalue weighted by Crippen LogP contribution is -2.37. The number of aromatic nitrogens is 1. The summed E-state index contributed by atoms with van der Waals surface area (Å²) in [7, 11) is 0. The lowest BCUT2D eigenvalue weighted by atomic mass is 9.95. The fourth-order valence-electron chi connectivity index (χ4n) is 2.91. The van der Waals surface area contributed by atoms with Gasteiger partial charge in [-0.3, -0.25) is 14.9 Å². The summed E-state index contributed by atoms with van der Waals surface area (Å²) >= 11 is 1.27. The molecule has 2 amide bonds. The molecular formula is C18H20FN3O2S. The molecule has 132 valence electrons. The Hall–Kier alpha value is -2.28. The van der Waals surface area contributed by atoms with Crippen molar-refractivity contribution in [1.29, 1.82) is 0 Å². The van der Waals surface area contributed by atoms with Crippen LogP contribution in [0, 0.1) is 5.82 Å². The summed E-state index contributed by atoms with van der Waals surface area (Å²) in [5.74, 6) is -0.779. The van der Waals surface area contributed by atoms with Crippen molar-refractivity contribution in [3.63, 3.8) is 0 Å². The second kappa shape index (κ2) is 8.20. The first-order valence-corrected chi connectivity index (χ1v) is 9.29. The van der Waals surface area contributed by atoms with Crippen LogP contribution in [0.3, 0.4) is 0 Å². The first-order chi connectivity index (χ1) is 12.1. The number of hydrogen-bond donors (Lipinski definition) is 2. The molecule has 3 rings (SSSR count). The lowest BCUT2D eigenvalue weighted by Gasteiger charge is -2.22. The summed E-state index contributed by atoms with van der Waals surface area (Å²) in [6, 6.07) is 5.57. The molecule has 0 spiro atoms. The largest absolute Gasteiger partial charge is 0.353 e. The van der Waals surface area contributed by atoms with E-state index >= 15 is 0 Å². The van der Waals surface area contributed by atoms with E-state index in [1.165, 1.54) is 54.9 Å². The second-order valence-corrected chi connectivity index (χ2v) is 7.04. The van der Waals surface area contributed by atoms with Gasteiger partial charge in [0.1, 0.15) is 5.82 Å². The Balaban J connectivity index is 1.52. The second-order valence-electron chi connectivity index (χ2n) is 6.18. The van der Waals surface area contributed by atoms with Gasteiger partial charge in [-0.05, 0) is 37.1 Å². The van der Waals surface area contributed by atoms with Gasteiger partial charge >= 0.3 is 0 Å². The lowest BCUT2D eigenvalue weighted by molar-refractivity contribution is -0.121. The van der Waals surface area contributed by atoms with Gasteiger partial charge in [-0.1, -0.05) is 19.3 Å². The Kier molecular flexibility index (Phi) is 5.75. The summed E-state index contributed by atoms with van der Waals surface area (Å²) in [6.45, 7) is 0. The average Bonchev–Trinajstić information content (AvgIpc) is 3.03. The smallest absolute Gasteiger partial charge is 0.257 e. The maximum Gasteiger partial charge on any atom is 0.257 e. The first kappa shape index (κ1) is 17.5. The van der Waals surface area contributed by atoms with E-state index < -0.39 is 5.82 Å². The predicted molar refractivity (Wildman–Crippen MR) is 95.2 cm³/mol. The van der Waals surface area contributed by atoms with Crippen LogP contribution < -0.4 is 10.6 Å². The van der Waals surface area contributed by atoms with Crippen LogP contribution in [0.1, 0.15) is 48.2 Å². The highest BCUT2D eigenvalue weighted by Crippen LogP contribution is 2.19. The van der Waals surface area contributed by atoms with E-state index in [0.29, 0.717) is 16.4 Å². The molecule has 0 atom stereocenters. The fraction of sp³-hybridized carbons (Fsp3) is 0.389. The molecule has 0 unspecified atom stereocenters. The number of anilines is 1. The fourth-order valence-corrected chi connectivity index (χ4v) is 3.61. The van der Waals surface area contributed by atoms with Gasteiger partial charge in [0.25, 0.3) is 5.91 Å². The molecule has 0 bridgehead atoms. The van der Waals surface area contributed by atoms with Gasteiger partial charge in [-0.25, -0.2) is 9.37 Å². The Labute approximate surface area is 149 Å². The van der Waals surface area contributed by atoms with Crippen LogP contribution in [0.4, 0.5) is 9.52 Å². The SMILES string of the molecule is O=C(Cc1csc(NC(=O)c2ccc(F)cc2)n1)NC1CCCCC1. The highest BCUT2D eigenvalue weighted by molar-refractivity contribution is 7.14. The van der Waals surface area contributed by atoms with Crippen molar-refractivity contribution in [2.75, 3.05) is 5.32 Å². The summed E-state index contributed by atoms with van der Waals surface area (Å²) in [6.07, 6.45) is 5.88. The van der Waals surface area contributed by atoms with Gasteiger partial charge in [0.15, 0.2) is 5.13 Å². The van der Waals surface area contributed by atoms with E-state index in [2.05, 4.69) is 15.6 Å². The van der Waals surface area contributed by atoms with E-state index in [4.69, 9.17) is 0 Å². The minimum atomic E-state index is -0.392. The monoisotopic (exact) mass is 361 g/mol. The van der Waals surface area contributed by atoms with E-state index in [0.717, 1.165) is 12.8 Å². The van der Waals surface area contributed by atoms with Gasteiger partial charge in [-0.2, -0.15) is 0 Å². The maximum absolute atomic E-state index is 12.9. The number of rotatable bonds is 5. The molecule has 1 saturated carbocycles. The number of hydrogen-bond acceptors (Lipinski definition) is 4. The standard InChI is InChI=1S/C18H20FN3O2S/c19-13-8-6-12(7-9-13)17(24)22-18-21-15(11-25-18)10-16(23)20-14-4-2-1-3-5-14/h6-9,11,14H,1-5,10H2,(H,20,23)(H,21,22,24). The normalized spacial score (nSPS) is 14.9. The van der Waals surface area contributed by atoms with Crippen molar-refractivity contribution >= 4 is 28.3 Å². The highest BCUT2D eigenvalue weighted by atomic mass is 32.1. The molecule has 25 heavy (non-hydrogen) atoms. The van der Waals surface area contributed by atoms with Crippen molar-refractivity contribution in [2.24, 2.45) is 0 Å². The molecule has 7 heteroatoms. The van der Waals surface area contributed by atoms with Gasteiger partial charge in [0.05, 0.1) is 12.1 Å². The first-order valence-electron chi connectivity index (χ1n) is 8.41. The molecule has 1 fully saturated rings. The molecule has 1 aliphatic carbocycles. The van der Waals surface area contributed by atoms with E-state index in [9.17, 15) is 14.0 Å². The Morgan fingerprint density at radius 3 is 2.60 bits per heavy atom. The van der Waals surface area contributed by atoms with E-state index in [1.54, 1.807) is 5.38 Å². The molecule has 1 heterocycles. The van der Waals surface area contributed by atoms with Crippen LogP contribution in [0.2, 0.25) is 0 Å². The molecule has 2 aromatic rings. The zero-order valence-corrected chi connectivity index (χ0v) is 14.6. The van der Waals surface area contributed by atoms with Crippen molar-refractivity contribution in [3.8, 4) is 0 Å². The van der Waals surface area contributed by atoms with E-state index in [1.807, 2.05) is 0 Å². The number of carbonyl (C=O) groups excluding carboxylic acids is 2. The zero-order valence-electron chi connectivity index (χ0n) is 13.8. The van der Waals surface area contributed by atoms with Crippen molar-refractivity contribution in [3.05, 3.63) is 46.7 Å². The van der Waals surface area contributed by atoms with Gasteiger partial charge in [0, 0.05) is 17.0 Å². The van der Waals surface area contributed by atoms with Gasteiger partial charge in [-0.15, -0.1) is 11.3 Å². The van der Waals surface area contributed by atoms with E-state index in [-0.39, 0.29) is 24.3 Å². The molecule has 0 saturated heterocycles. The van der Waals surface area contributed by atoms with Crippen molar-refractivity contribution in [1.82, 2.24) is 10.3 Å². The molecule has 2 N–H and O–H groups in total. The van der Waals surface area contributed by atoms with Crippen LogP contribution in [0.25, 0.3) is 0 Å². The molecule has 1 aromatic heterocycles. The van der Waals surface area contributed by atoms with Crippen LogP contribution in [-0.4, -0.2) is 22.8 Å². The average molecular weight is 361 g/mol. The Bertz CT molecular complexity index is 739. The topological polar surface area (TPSA) is 71.1 Å². The summed E-state index contributed by atoms with van der Waals surface area (Å²) in [5, 5.41) is 7.91. The summed E-state index contributed by atoms with van der Waals surface area (Å²) < 4.78 is 12.9. The molecule has 0 aliphatic heterocycles. The zero-order chi connectivity index (χ0) is 17.6. The molecule has 5 nitrogen and oxygen atoms in total. The van der Waals surface area contributed by atoms with Gasteiger partial charge in [0.2, 0.25) is 5.91 Å². The van der Waals surface area contributed by atoms with Crippen LogP contribution in [0.5, 0.6) is 0 Å². The Morgan fingerprint density at radius 1 is 1.16 bits per heavy atom. The maximum atomic E-state index is 12.9. The number of benzene rings is 1. The highest BCUT2D eigenvalue weighted by Gasteiger charge is 2.17. The van der Waals surface area contributed by atoms with Crippen LogP contribution >= 0.6 is 11.3 Å². The number of nitrogens with one attached hydrogen (secondary N) is 2. The minimum Gasteiger partial charge on any atom is -0.353 e. The molecule has 1 aromatic carbocycles. The molecular weight excluding hydrogens is 341 g/mol. The van der Waals surface area contributed by atoms with Crippen LogP contribution in [0.15, 0.2) is 29.6 Å². The van der Waals surface area contributed by atoms with Crippen LogP contribution in [-0.2, 0) is 11.2 Å². The predicted octanol–water partition coefficient (Wildman–Crippen LogP) is 3.53. The third-order valence-corrected chi connectivity index (χ3v) is 5.00. The van der Waals surface area contributed by atoms with Gasteiger partial charge < -0.3 is 5.32 Å². The van der Waals surface area contributed by atoms with Crippen molar-refractivity contribution < 1.29 is 14.0 Å². The number of carbonyl (C=O) groups is 2. The number of thiazole rings is 1. The minimum absolute atomic E-state index is 0.0337.